The first kappa shape index (κ1) is 12.4. The Kier molecular flexibility index (Phi) is 4.67. The highest BCUT2D eigenvalue weighted by Gasteiger charge is 2.08. The van der Waals surface area contributed by atoms with Gasteiger partial charge in [0.15, 0.2) is 0 Å². The summed E-state index contributed by atoms with van der Waals surface area (Å²) in [4.78, 5) is 11.6. The maximum Gasteiger partial charge on any atom is 0.324 e. The van der Waals surface area contributed by atoms with Crippen molar-refractivity contribution in [2.75, 3.05) is 32.7 Å². The van der Waals surface area contributed by atoms with Crippen LogP contribution in [0.4, 0.5) is 5.95 Å². The maximum absolute atomic E-state index is 9.13. The van der Waals surface area contributed by atoms with Crippen LogP contribution in [0.5, 0.6) is 12.0 Å². The Bertz CT molecular complexity index is 314. The van der Waals surface area contributed by atoms with E-state index in [1.165, 1.54) is 14.2 Å². The zero-order valence-electron chi connectivity index (χ0n) is 9.04. The van der Waals surface area contributed by atoms with Gasteiger partial charge in [-0.25, -0.2) is 0 Å². The van der Waals surface area contributed by atoms with Crippen LogP contribution in [0.25, 0.3) is 0 Å². The third kappa shape index (κ3) is 3.48. The van der Waals surface area contributed by atoms with Crippen LogP contribution in [0, 0.1) is 0 Å². The molecule has 0 fully saturated rings. The number of aromatic nitrogens is 3. The van der Waals surface area contributed by atoms with Crippen molar-refractivity contribution in [1.29, 1.82) is 0 Å². The molecule has 1 rings (SSSR count). The zero-order valence-corrected chi connectivity index (χ0v) is 9.04. The summed E-state index contributed by atoms with van der Waals surface area (Å²) < 4.78 is 9.67. The molecule has 0 radical (unpaired) electrons. The number of hydrogen-bond acceptors (Lipinski definition) is 8. The lowest BCUT2D eigenvalue weighted by Gasteiger charge is -2.09. The van der Waals surface area contributed by atoms with Gasteiger partial charge in [0.25, 0.3) is 0 Å². The van der Waals surface area contributed by atoms with E-state index in [4.69, 9.17) is 19.7 Å². The molecule has 0 bridgehead atoms. The molecule has 8 nitrogen and oxygen atoms in total. The third-order valence-corrected chi connectivity index (χ3v) is 1.67. The number of ether oxygens (including phenoxy) is 2. The second-order valence-electron chi connectivity index (χ2n) is 2.85. The number of nitrogens with one attached hydrogen (secondary N) is 1. The monoisotopic (exact) mass is 230 g/mol. The smallest absolute Gasteiger partial charge is 0.324 e. The molecule has 1 atom stereocenters. The van der Waals surface area contributed by atoms with Gasteiger partial charge in [0.2, 0.25) is 5.95 Å². The number of aliphatic hydroxyl groups is 2. The van der Waals surface area contributed by atoms with Crippen molar-refractivity contribution in [2.24, 2.45) is 0 Å². The van der Waals surface area contributed by atoms with E-state index in [9.17, 15) is 0 Å². The molecular weight excluding hydrogens is 216 g/mol. The Hall–Kier alpha value is -1.67. The van der Waals surface area contributed by atoms with Crippen molar-refractivity contribution >= 4 is 5.95 Å². The molecule has 0 spiro atoms. The van der Waals surface area contributed by atoms with Crippen LogP contribution in [0.15, 0.2) is 0 Å². The fraction of sp³-hybridized carbons (Fsp3) is 0.625. The van der Waals surface area contributed by atoms with E-state index in [0.717, 1.165) is 0 Å². The Morgan fingerprint density at radius 3 is 2.19 bits per heavy atom. The molecular formula is C8H14N4O4. The molecule has 1 unspecified atom stereocenters. The van der Waals surface area contributed by atoms with Gasteiger partial charge in [0, 0.05) is 6.54 Å². The van der Waals surface area contributed by atoms with Crippen molar-refractivity contribution in [2.45, 2.75) is 6.10 Å². The molecule has 90 valence electrons. The SMILES string of the molecule is COc1nc(NCC(O)CO)nc(OC)n1. The highest BCUT2D eigenvalue weighted by atomic mass is 16.5. The standard InChI is InChI=1S/C8H14N4O4/c1-15-7-10-6(9-3-5(14)4-13)11-8(12-7)16-2/h5,13-14H,3-4H2,1-2H3,(H,9,10,11,12). The highest BCUT2D eigenvalue weighted by molar-refractivity contribution is 5.27. The number of nitrogens with zero attached hydrogens (tertiary/aromatic N) is 3. The lowest BCUT2D eigenvalue weighted by molar-refractivity contribution is 0.105. The molecule has 0 aliphatic carbocycles. The Labute approximate surface area is 92.3 Å². The average molecular weight is 230 g/mol. The summed E-state index contributed by atoms with van der Waals surface area (Å²) in [6.45, 7) is -0.223. The molecule has 1 heterocycles. The number of hydrogen-bond donors (Lipinski definition) is 3. The predicted molar refractivity (Wildman–Crippen MR) is 54.5 cm³/mol. The average Bonchev–Trinajstić information content (AvgIpc) is 2.35. The number of aliphatic hydroxyl groups excluding tert-OH is 2. The van der Waals surface area contributed by atoms with Crippen molar-refractivity contribution in [3.05, 3.63) is 0 Å². The Morgan fingerprint density at radius 2 is 1.75 bits per heavy atom. The van der Waals surface area contributed by atoms with Crippen LogP contribution in [0.3, 0.4) is 0 Å². The first-order valence-corrected chi connectivity index (χ1v) is 4.56. The van der Waals surface area contributed by atoms with Gasteiger partial charge < -0.3 is 25.0 Å². The zero-order chi connectivity index (χ0) is 12.0. The van der Waals surface area contributed by atoms with E-state index in [0.29, 0.717) is 0 Å². The first-order valence-electron chi connectivity index (χ1n) is 4.56. The fourth-order valence-corrected chi connectivity index (χ4v) is 0.873. The molecule has 3 N–H and O–H groups in total. The quantitative estimate of drug-likeness (QED) is 0.550. The third-order valence-electron chi connectivity index (χ3n) is 1.67. The minimum absolute atomic E-state index is 0.104. The molecule has 1 aromatic rings. The summed E-state index contributed by atoms with van der Waals surface area (Å²) in [7, 11) is 2.84. The van der Waals surface area contributed by atoms with E-state index in [2.05, 4.69) is 20.3 Å². The normalized spacial score (nSPS) is 12.0. The second-order valence-corrected chi connectivity index (χ2v) is 2.85. The lowest BCUT2D eigenvalue weighted by atomic mass is 10.4. The van der Waals surface area contributed by atoms with Gasteiger partial charge in [-0.1, -0.05) is 0 Å². The first-order chi connectivity index (χ1) is 7.69. The predicted octanol–water partition coefficient (Wildman–Crippen LogP) is -1.35. The molecule has 0 saturated heterocycles. The minimum Gasteiger partial charge on any atom is -0.467 e. The van der Waals surface area contributed by atoms with Crippen LogP contribution >= 0.6 is 0 Å². The van der Waals surface area contributed by atoms with Gasteiger partial charge in [-0.15, -0.1) is 4.98 Å². The van der Waals surface area contributed by atoms with E-state index in [1.807, 2.05) is 0 Å². The van der Waals surface area contributed by atoms with Crippen LogP contribution in [-0.4, -0.2) is 58.6 Å². The molecule has 8 heteroatoms. The van der Waals surface area contributed by atoms with Gasteiger partial charge in [0.1, 0.15) is 0 Å². The summed E-state index contributed by atoms with van der Waals surface area (Å²) in [5.41, 5.74) is 0. The molecule has 0 aliphatic rings. The Balaban J connectivity index is 2.71. The van der Waals surface area contributed by atoms with E-state index >= 15 is 0 Å². The number of methoxy groups -OCH3 is 2. The van der Waals surface area contributed by atoms with Crippen molar-refractivity contribution in [1.82, 2.24) is 15.0 Å². The largest absolute Gasteiger partial charge is 0.467 e. The van der Waals surface area contributed by atoms with Crippen LogP contribution < -0.4 is 14.8 Å². The topological polar surface area (TPSA) is 110 Å². The molecule has 0 aliphatic heterocycles. The summed E-state index contributed by atoms with van der Waals surface area (Å²) in [5.74, 6) is 0.205. The van der Waals surface area contributed by atoms with E-state index in [1.54, 1.807) is 0 Å². The summed E-state index contributed by atoms with van der Waals surface area (Å²) in [6.07, 6.45) is -0.881. The van der Waals surface area contributed by atoms with Gasteiger partial charge >= 0.3 is 12.0 Å². The van der Waals surface area contributed by atoms with E-state index in [-0.39, 0.29) is 31.1 Å². The molecule has 0 amide bonds. The Morgan fingerprint density at radius 1 is 1.19 bits per heavy atom. The minimum atomic E-state index is -0.881. The molecule has 0 saturated carbocycles. The van der Waals surface area contributed by atoms with Crippen LogP contribution in [0.1, 0.15) is 0 Å². The molecule has 1 aromatic heterocycles. The van der Waals surface area contributed by atoms with Gasteiger partial charge in [-0.3, -0.25) is 0 Å². The molecule has 0 aromatic carbocycles. The lowest BCUT2D eigenvalue weighted by Crippen LogP contribution is -2.24. The molecule has 16 heavy (non-hydrogen) atoms. The summed E-state index contributed by atoms with van der Waals surface area (Å²) >= 11 is 0. The van der Waals surface area contributed by atoms with Crippen LogP contribution in [0.2, 0.25) is 0 Å². The number of rotatable bonds is 6. The highest BCUT2D eigenvalue weighted by Crippen LogP contribution is 2.11. The summed E-state index contributed by atoms with van der Waals surface area (Å²) in [6, 6.07) is 0.209. The van der Waals surface area contributed by atoms with Crippen molar-refractivity contribution in [3.63, 3.8) is 0 Å². The van der Waals surface area contributed by atoms with Crippen molar-refractivity contribution in [3.8, 4) is 12.0 Å². The van der Waals surface area contributed by atoms with Crippen molar-refractivity contribution < 1.29 is 19.7 Å². The number of anilines is 1. The van der Waals surface area contributed by atoms with E-state index < -0.39 is 6.10 Å². The fourth-order valence-electron chi connectivity index (χ4n) is 0.873. The maximum atomic E-state index is 9.13. The van der Waals surface area contributed by atoms with Gasteiger partial charge in [-0.2, -0.15) is 9.97 Å². The van der Waals surface area contributed by atoms with Gasteiger partial charge in [-0.05, 0) is 0 Å². The van der Waals surface area contributed by atoms with Gasteiger partial charge in [0.05, 0.1) is 26.9 Å². The second kappa shape index (κ2) is 6.03. The summed E-state index contributed by atoms with van der Waals surface area (Å²) in [5, 5.41) is 20.5. The van der Waals surface area contributed by atoms with Crippen LogP contribution in [-0.2, 0) is 0 Å².